The molecule has 2 aromatic rings. The summed E-state index contributed by atoms with van der Waals surface area (Å²) >= 11 is 0. The first-order chi connectivity index (χ1) is 9.78. The third-order valence-electron chi connectivity index (χ3n) is 2.44. The zero-order chi connectivity index (χ0) is 14.2. The number of nitriles is 1. The lowest BCUT2D eigenvalue weighted by Crippen LogP contribution is -2.24. The Morgan fingerprint density at radius 2 is 2.10 bits per heavy atom. The van der Waals surface area contributed by atoms with E-state index in [9.17, 15) is 4.79 Å². The molecule has 0 unspecified atom stereocenters. The molecule has 0 fully saturated rings. The summed E-state index contributed by atoms with van der Waals surface area (Å²) in [7, 11) is 0. The van der Waals surface area contributed by atoms with E-state index in [4.69, 9.17) is 10.00 Å². The van der Waals surface area contributed by atoms with Gasteiger partial charge < -0.3 is 10.1 Å². The highest BCUT2D eigenvalue weighted by molar-refractivity contribution is 5.67. The van der Waals surface area contributed by atoms with Crippen molar-refractivity contribution in [2.24, 2.45) is 0 Å². The Hall–Kier alpha value is -2.94. The van der Waals surface area contributed by atoms with Crippen LogP contribution in [0.25, 0.3) is 0 Å². The van der Waals surface area contributed by atoms with Gasteiger partial charge in [0.15, 0.2) is 0 Å². The molecule has 0 aliphatic rings. The largest absolute Gasteiger partial charge is 0.445 e. The molecule has 1 aromatic heterocycles. The van der Waals surface area contributed by atoms with Gasteiger partial charge in [0.2, 0.25) is 5.82 Å². The first-order valence-corrected chi connectivity index (χ1v) is 5.94. The number of nitrogens with one attached hydrogen (secondary N) is 1. The van der Waals surface area contributed by atoms with Gasteiger partial charge in [-0.25, -0.2) is 14.8 Å². The highest BCUT2D eigenvalue weighted by atomic mass is 16.5. The fourth-order valence-corrected chi connectivity index (χ4v) is 1.49. The van der Waals surface area contributed by atoms with Gasteiger partial charge in [-0.3, -0.25) is 0 Å². The highest BCUT2D eigenvalue weighted by Crippen LogP contribution is 2.01. The molecule has 1 aromatic carbocycles. The fraction of sp³-hybridized carbons (Fsp3) is 0.143. The number of ether oxygens (including phenoxy) is 1. The standard InChI is InChI=1S/C14H12N4O2/c15-8-13-16-7-6-12(18-13)9-17-14(19)20-10-11-4-2-1-3-5-11/h1-7H,9-10H2,(H,17,19). The number of nitrogens with zero attached hydrogens (tertiary/aromatic N) is 3. The summed E-state index contributed by atoms with van der Waals surface area (Å²) in [5.74, 6) is 0.0713. The monoisotopic (exact) mass is 268 g/mol. The topological polar surface area (TPSA) is 87.9 Å². The molecule has 0 saturated carbocycles. The number of carbonyl (C=O) groups excluding carboxylic acids is 1. The molecule has 0 bridgehead atoms. The molecule has 1 heterocycles. The van der Waals surface area contributed by atoms with Gasteiger partial charge >= 0.3 is 6.09 Å². The van der Waals surface area contributed by atoms with Gasteiger partial charge in [0.25, 0.3) is 0 Å². The Kier molecular flexibility index (Phi) is 4.62. The summed E-state index contributed by atoms with van der Waals surface area (Å²) in [6, 6.07) is 12.8. The van der Waals surface area contributed by atoms with Crippen molar-refractivity contribution < 1.29 is 9.53 Å². The van der Waals surface area contributed by atoms with E-state index in [2.05, 4.69) is 15.3 Å². The quantitative estimate of drug-likeness (QED) is 0.913. The van der Waals surface area contributed by atoms with Crippen LogP contribution in [-0.4, -0.2) is 16.1 Å². The minimum atomic E-state index is -0.536. The second kappa shape index (κ2) is 6.85. The predicted octanol–water partition coefficient (Wildman–Crippen LogP) is 1.77. The van der Waals surface area contributed by atoms with E-state index < -0.39 is 6.09 Å². The summed E-state index contributed by atoms with van der Waals surface area (Å²) in [6.45, 7) is 0.394. The van der Waals surface area contributed by atoms with Crippen LogP contribution in [0.5, 0.6) is 0 Å². The number of rotatable bonds is 4. The van der Waals surface area contributed by atoms with Crippen LogP contribution in [0.1, 0.15) is 17.1 Å². The molecule has 0 spiro atoms. The average Bonchev–Trinajstić information content (AvgIpc) is 2.52. The molecule has 2 rings (SSSR count). The molecule has 1 N–H and O–H groups in total. The molecule has 6 nitrogen and oxygen atoms in total. The first-order valence-electron chi connectivity index (χ1n) is 5.94. The SMILES string of the molecule is N#Cc1nccc(CNC(=O)OCc2ccccc2)n1. The number of aromatic nitrogens is 2. The van der Waals surface area contributed by atoms with Gasteiger partial charge in [-0.05, 0) is 11.6 Å². The van der Waals surface area contributed by atoms with E-state index in [-0.39, 0.29) is 19.0 Å². The van der Waals surface area contributed by atoms with Crippen molar-refractivity contribution >= 4 is 6.09 Å². The maximum atomic E-state index is 11.5. The molecule has 6 heteroatoms. The number of hydrogen-bond donors (Lipinski definition) is 1. The lowest BCUT2D eigenvalue weighted by Gasteiger charge is -2.06. The van der Waals surface area contributed by atoms with Crippen LogP contribution in [-0.2, 0) is 17.9 Å². The van der Waals surface area contributed by atoms with Gasteiger partial charge in [-0.2, -0.15) is 5.26 Å². The van der Waals surface area contributed by atoms with Crippen LogP contribution in [0, 0.1) is 11.3 Å². The van der Waals surface area contributed by atoms with Crippen molar-refractivity contribution in [1.82, 2.24) is 15.3 Å². The van der Waals surface area contributed by atoms with Gasteiger partial charge in [0.1, 0.15) is 12.7 Å². The summed E-state index contributed by atoms with van der Waals surface area (Å²) < 4.78 is 5.05. The molecule has 0 atom stereocenters. The number of amides is 1. The van der Waals surface area contributed by atoms with Crippen LogP contribution in [0.3, 0.4) is 0 Å². The molecule has 0 radical (unpaired) electrons. The Bertz CT molecular complexity index is 623. The van der Waals surface area contributed by atoms with E-state index in [0.717, 1.165) is 5.56 Å². The van der Waals surface area contributed by atoms with E-state index in [1.807, 2.05) is 36.4 Å². The van der Waals surface area contributed by atoms with E-state index in [1.54, 1.807) is 6.07 Å². The second-order valence-electron chi connectivity index (χ2n) is 3.90. The highest BCUT2D eigenvalue weighted by Gasteiger charge is 2.04. The number of carbonyl (C=O) groups is 1. The molecular weight excluding hydrogens is 256 g/mol. The predicted molar refractivity (Wildman–Crippen MR) is 70.2 cm³/mol. The minimum absolute atomic E-state index is 0.0713. The molecule has 0 saturated heterocycles. The molecule has 0 aliphatic carbocycles. The molecule has 0 aliphatic heterocycles. The normalized spacial score (nSPS) is 9.55. The Morgan fingerprint density at radius 3 is 2.85 bits per heavy atom. The van der Waals surface area contributed by atoms with Crippen LogP contribution in [0.4, 0.5) is 4.79 Å². The maximum absolute atomic E-state index is 11.5. The van der Waals surface area contributed by atoms with E-state index >= 15 is 0 Å². The van der Waals surface area contributed by atoms with Gasteiger partial charge in [-0.1, -0.05) is 30.3 Å². The maximum Gasteiger partial charge on any atom is 0.407 e. The van der Waals surface area contributed by atoms with Crippen molar-refractivity contribution in [3.63, 3.8) is 0 Å². The molecule has 1 amide bonds. The number of hydrogen-bond acceptors (Lipinski definition) is 5. The summed E-state index contributed by atoms with van der Waals surface area (Å²) in [5.41, 5.74) is 1.46. The zero-order valence-corrected chi connectivity index (χ0v) is 10.6. The van der Waals surface area contributed by atoms with Crippen molar-refractivity contribution in [3.05, 3.63) is 59.7 Å². The molecule has 100 valence electrons. The minimum Gasteiger partial charge on any atom is -0.445 e. The lowest BCUT2D eigenvalue weighted by atomic mass is 10.2. The van der Waals surface area contributed by atoms with Crippen LogP contribution >= 0.6 is 0 Å². The van der Waals surface area contributed by atoms with Crippen molar-refractivity contribution in [2.45, 2.75) is 13.2 Å². The number of alkyl carbamates (subject to hydrolysis) is 1. The number of benzene rings is 1. The smallest absolute Gasteiger partial charge is 0.407 e. The second-order valence-corrected chi connectivity index (χ2v) is 3.90. The third-order valence-corrected chi connectivity index (χ3v) is 2.44. The average molecular weight is 268 g/mol. The van der Waals surface area contributed by atoms with E-state index in [1.165, 1.54) is 6.20 Å². The lowest BCUT2D eigenvalue weighted by molar-refractivity contribution is 0.139. The van der Waals surface area contributed by atoms with Crippen molar-refractivity contribution in [2.75, 3.05) is 0 Å². The van der Waals surface area contributed by atoms with Gasteiger partial charge in [0.05, 0.1) is 12.2 Å². The van der Waals surface area contributed by atoms with Crippen molar-refractivity contribution in [1.29, 1.82) is 5.26 Å². The zero-order valence-electron chi connectivity index (χ0n) is 10.6. The summed E-state index contributed by atoms with van der Waals surface area (Å²) in [5, 5.41) is 11.2. The van der Waals surface area contributed by atoms with Crippen LogP contribution in [0.15, 0.2) is 42.6 Å². The van der Waals surface area contributed by atoms with E-state index in [0.29, 0.717) is 5.69 Å². The fourth-order valence-electron chi connectivity index (χ4n) is 1.49. The van der Waals surface area contributed by atoms with Crippen LogP contribution < -0.4 is 5.32 Å². The summed E-state index contributed by atoms with van der Waals surface area (Å²) in [4.78, 5) is 19.2. The van der Waals surface area contributed by atoms with Crippen molar-refractivity contribution in [3.8, 4) is 6.07 Å². The first kappa shape index (κ1) is 13.5. The molecule has 20 heavy (non-hydrogen) atoms. The Balaban J connectivity index is 1.79. The van der Waals surface area contributed by atoms with Gasteiger partial charge in [-0.15, -0.1) is 0 Å². The van der Waals surface area contributed by atoms with Gasteiger partial charge in [0, 0.05) is 6.20 Å². The Labute approximate surface area is 116 Å². The molecular formula is C14H12N4O2. The van der Waals surface area contributed by atoms with Crippen LogP contribution in [0.2, 0.25) is 0 Å². The Morgan fingerprint density at radius 1 is 1.30 bits per heavy atom. The third kappa shape index (κ3) is 4.07. The summed E-state index contributed by atoms with van der Waals surface area (Å²) in [6.07, 6.45) is 0.934.